The van der Waals surface area contributed by atoms with Crippen molar-refractivity contribution >= 4 is 5.69 Å². The Balaban J connectivity index is 1.30. The van der Waals surface area contributed by atoms with E-state index in [-0.39, 0.29) is 12.4 Å². The summed E-state index contributed by atoms with van der Waals surface area (Å²) in [5.41, 5.74) is 7.58. The van der Waals surface area contributed by atoms with Crippen LogP contribution in [-0.4, -0.2) is 41.2 Å². The molecule has 8 heteroatoms. The molecule has 1 fully saturated rings. The average Bonchev–Trinajstić information content (AvgIpc) is 3.22. The van der Waals surface area contributed by atoms with Gasteiger partial charge in [-0.2, -0.15) is 4.98 Å². The fourth-order valence-corrected chi connectivity index (χ4v) is 3.32. The summed E-state index contributed by atoms with van der Waals surface area (Å²) in [6, 6.07) is 14.4. The molecule has 0 amide bonds. The number of hydrogen-bond acceptors (Lipinski definition) is 7. The lowest BCUT2D eigenvalue weighted by molar-refractivity contribution is 0.239. The van der Waals surface area contributed by atoms with Gasteiger partial charge in [-0.1, -0.05) is 23.4 Å². The maximum Gasteiger partial charge on any atom is 0.240 e. The summed E-state index contributed by atoms with van der Waals surface area (Å²) in [6.45, 7) is 4.97. The highest BCUT2D eigenvalue weighted by molar-refractivity contribution is 5.51. The summed E-state index contributed by atoms with van der Waals surface area (Å²) in [4.78, 5) is 8.90. The van der Waals surface area contributed by atoms with Gasteiger partial charge in [0.1, 0.15) is 18.2 Å². The van der Waals surface area contributed by atoms with E-state index >= 15 is 0 Å². The van der Waals surface area contributed by atoms with Gasteiger partial charge in [0.25, 0.3) is 0 Å². The average molecular weight is 397 g/mol. The Bertz CT molecular complexity index is 923. The van der Waals surface area contributed by atoms with Gasteiger partial charge in [-0.15, -0.1) is 0 Å². The summed E-state index contributed by atoms with van der Waals surface area (Å²) in [5, 5.41) is 3.96. The minimum Gasteiger partial charge on any atom is -0.489 e. The van der Waals surface area contributed by atoms with E-state index < -0.39 is 0 Å². The van der Waals surface area contributed by atoms with Crippen molar-refractivity contribution in [3.8, 4) is 5.75 Å². The number of nitrogens with two attached hydrogens (primary N) is 1. The first-order chi connectivity index (χ1) is 14.2. The number of halogens is 1. The molecule has 152 valence electrons. The number of ether oxygens (including phenoxy) is 1. The maximum atomic E-state index is 13.0. The molecule has 0 atom stereocenters. The molecule has 1 aliphatic rings. The molecule has 29 heavy (non-hydrogen) atoms. The van der Waals surface area contributed by atoms with Crippen LogP contribution >= 0.6 is 0 Å². The smallest absolute Gasteiger partial charge is 0.240 e. The van der Waals surface area contributed by atoms with E-state index in [1.54, 1.807) is 12.1 Å². The van der Waals surface area contributed by atoms with Crippen LogP contribution < -0.4 is 15.4 Å². The molecule has 4 rings (SSSR count). The van der Waals surface area contributed by atoms with E-state index in [9.17, 15) is 4.39 Å². The van der Waals surface area contributed by atoms with Crippen molar-refractivity contribution < 1.29 is 13.7 Å². The quantitative estimate of drug-likeness (QED) is 0.656. The first kappa shape index (κ1) is 19.4. The second-order valence-electron chi connectivity index (χ2n) is 6.98. The van der Waals surface area contributed by atoms with Crippen LogP contribution in [-0.2, 0) is 19.7 Å². The SMILES string of the molecule is NCc1nc(CN2CCN(c3cccc(OCc4ccc(F)cc4)c3)CC2)no1. The predicted molar refractivity (Wildman–Crippen MR) is 107 cm³/mol. The van der Waals surface area contributed by atoms with E-state index in [1.165, 1.54) is 12.1 Å². The van der Waals surface area contributed by atoms with Crippen molar-refractivity contribution in [3.63, 3.8) is 0 Å². The van der Waals surface area contributed by atoms with Crippen LogP contribution in [0.25, 0.3) is 0 Å². The Hall–Kier alpha value is -2.97. The van der Waals surface area contributed by atoms with Gasteiger partial charge in [-0.05, 0) is 29.8 Å². The van der Waals surface area contributed by atoms with Gasteiger partial charge >= 0.3 is 0 Å². The van der Waals surface area contributed by atoms with Gasteiger partial charge in [-0.25, -0.2) is 4.39 Å². The fourth-order valence-electron chi connectivity index (χ4n) is 3.32. The number of hydrogen-bond donors (Lipinski definition) is 1. The molecule has 0 bridgehead atoms. The van der Waals surface area contributed by atoms with Gasteiger partial charge in [0.2, 0.25) is 5.89 Å². The molecular weight excluding hydrogens is 373 g/mol. The first-order valence-electron chi connectivity index (χ1n) is 9.66. The summed E-state index contributed by atoms with van der Waals surface area (Å²) in [5.74, 6) is 1.70. The Morgan fingerprint density at radius 3 is 2.59 bits per heavy atom. The summed E-state index contributed by atoms with van der Waals surface area (Å²) < 4.78 is 24.0. The number of aromatic nitrogens is 2. The normalized spacial score (nSPS) is 14.9. The Kier molecular flexibility index (Phi) is 6.02. The number of rotatable bonds is 7. The summed E-state index contributed by atoms with van der Waals surface area (Å²) in [6.07, 6.45) is 0. The number of piperazine rings is 1. The Morgan fingerprint density at radius 1 is 1.07 bits per heavy atom. The van der Waals surface area contributed by atoms with Crippen molar-refractivity contribution in [1.29, 1.82) is 0 Å². The molecule has 1 saturated heterocycles. The number of anilines is 1. The molecule has 7 nitrogen and oxygen atoms in total. The van der Waals surface area contributed by atoms with E-state index in [1.807, 2.05) is 18.2 Å². The van der Waals surface area contributed by atoms with Gasteiger partial charge in [0.05, 0.1) is 13.1 Å². The molecule has 0 unspecified atom stereocenters. The summed E-state index contributed by atoms with van der Waals surface area (Å²) in [7, 11) is 0. The van der Waals surface area contributed by atoms with Crippen LogP contribution in [0.2, 0.25) is 0 Å². The standard InChI is InChI=1S/C21H24FN5O2/c22-17-6-4-16(5-7-17)15-28-19-3-1-2-18(12-19)27-10-8-26(9-11-27)14-20-24-21(13-23)29-25-20/h1-7,12H,8-11,13-15,23H2. The lowest BCUT2D eigenvalue weighted by atomic mass is 10.2. The van der Waals surface area contributed by atoms with E-state index in [4.69, 9.17) is 15.0 Å². The van der Waals surface area contributed by atoms with Crippen molar-refractivity contribution in [2.75, 3.05) is 31.1 Å². The minimum atomic E-state index is -0.242. The monoisotopic (exact) mass is 397 g/mol. The van der Waals surface area contributed by atoms with Crippen LogP contribution in [0.4, 0.5) is 10.1 Å². The minimum absolute atomic E-state index is 0.242. The lowest BCUT2D eigenvalue weighted by Crippen LogP contribution is -2.46. The molecule has 2 N–H and O–H groups in total. The highest BCUT2D eigenvalue weighted by atomic mass is 19.1. The van der Waals surface area contributed by atoms with Gasteiger partial charge in [0.15, 0.2) is 5.82 Å². The third kappa shape index (κ3) is 5.10. The van der Waals surface area contributed by atoms with Crippen LogP contribution in [0.1, 0.15) is 17.3 Å². The van der Waals surface area contributed by atoms with Gasteiger partial charge in [-0.3, -0.25) is 4.90 Å². The lowest BCUT2D eigenvalue weighted by Gasteiger charge is -2.35. The molecule has 0 saturated carbocycles. The van der Waals surface area contributed by atoms with Gasteiger partial charge in [0, 0.05) is 37.9 Å². The highest BCUT2D eigenvalue weighted by Crippen LogP contribution is 2.23. The molecule has 2 aromatic carbocycles. The van der Waals surface area contributed by atoms with Crippen LogP contribution in [0.15, 0.2) is 53.1 Å². The van der Waals surface area contributed by atoms with Crippen LogP contribution in [0.5, 0.6) is 5.75 Å². The molecule has 3 aromatic rings. The first-order valence-corrected chi connectivity index (χ1v) is 9.66. The third-order valence-electron chi connectivity index (χ3n) is 4.92. The zero-order chi connectivity index (χ0) is 20.1. The van der Waals surface area contributed by atoms with Crippen molar-refractivity contribution in [2.24, 2.45) is 5.73 Å². The molecule has 0 spiro atoms. The second kappa shape index (κ2) is 9.02. The Labute approximate surface area is 168 Å². The number of benzene rings is 2. The molecule has 0 radical (unpaired) electrons. The molecule has 0 aliphatic carbocycles. The molecule has 1 aliphatic heterocycles. The zero-order valence-corrected chi connectivity index (χ0v) is 16.1. The van der Waals surface area contributed by atoms with E-state index in [0.717, 1.165) is 43.2 Å². The van der Waals surface area contributed by atoms with Crippen LogP contribution in [0.3, 0.4) is 0 Å². The third-order valence-corrected chi connectivity index (χ3v) is 4.92. The number of nitrogens with zero attached hydrogens (tertiary/aromatic N) is 4. The zero-order valence-electron chi connectivity index (χ0n) is 16.1. The summed E-state index contributed by atoms with van der Waals surface area (Å²) >= 11 is 0. The maximum absolute atomic E-state index is 13.0. The molecule has 2 heterocycles. The van der Waals surface area contributed by atoms with Crippen molar-refractivity contribution in [1.82, 2.24) is 15.0 Å². The second-order valence-corrected chi connectivity index (χ2v) is 6.98. The largest absolute Gasteiger partial charge is 0.489 e. The topological polar surface area (TPSA) is 80.7 Å². The molecule has 1 aromatic heterocycles. The van der Waals surface area contributed by atoms with Gasteiger partial charge < -0.3 is 19.9 Å². The molecular formula is C21H24FN5O2. The highest BCUT2D eigenvalue weighted by Gasteiger charge is 2.19. The fraction of sp³-hybridized carbons (Fsp3) is 0.333. The van der Waals surface area contributed by atoms with Crippen molar-refractivity contribution in [3.05, 3.63) is 71.6 Å². The van der Waals surface area contributed by atoms with E-state index in [2.05, 4.69) is 26.0 Å². The van der Waals surface area contributed by atoms with Crippen molar-refractivity contribution in [2.45, 2.75) is 19.7 Å². The predicted octanol–water partition coefficient (Wildman–Crippen LogP) is 2.57. The van der Waals surface area contributed by atoms with E-state index in [0.29, 0.717) is 24.9 Å². The van der Waals surface area contributed by atoms with Crippen LogP contribution in [0, 0.1) is 5.82 Å². The Morgan fingerprint density at radius 2 is 1.86 bits per heavy atom.